The quantitative estimate of drug-likeness (QED) is 0.229. The summed E-state index contributed by atoms with van der Waals surface area (Å²) in [5, 5.41) is 9.16. The van der Waals surface area contributed by atoms with Crippen LogP contribution in [-0.4, -0.2) is 80.5 Å². The van der Waals surface area contributed by atoms with Gasteiger partial charge in [-0.25, -0.2) is 24.3 Å². The zero-order valence-corrected chi connectivity index (χ0v) is 24.5. The highest BCUT2D eigenvalue weighted by molar-refractivity contribution is 6.06. The first-order chi connectivity index (χ1) is 21.5. The Kier molecular flexibility index (Phi) is 9.34. The van der Waals surface area contributed by atoms with Gasteiger partial charge in [-0.2, -0.15) is 13.2 Å². The van der Waals surface area contributed by atoms with Crippen molar-refractivity contribution in [3.63, 3.8) is 0 Å². The molecule has 5 rings (SSSR count). The maximum atomic E-state index is 14.8. The number of rotatable bonds is 9. The molecule has 0 saturated carbocycles. The van der Waals surface area contributed by atoms with Gasteiger partial charge in [-0.3, -0.25) is 14.6 Å². The van der Waals surface area contributed by atoms with Crippen LogP contribution in [-0.2, 0) is 4.79 Å². The van der Waals surface area contributed by atoms with Crippen LogP contribution in [0, 0.1) is 5.82 Å². The highest BCUT2D eigenvalue weighted by Crippen LogP contribution is 2.29. The van der Waals surface area contributed by atoms with Gasteiger partial charge in [-0.1, -0.05) is 13.0 Å². The molecule has 236 valence electrons. The number of hydrogen-bond acceptors (Lipinski definition) is 9. The molecule has 4 heterocycles. The van der Waals surface area contributed by atoms with Gasteiger partial charge in [-0.05, 0) is 30.5 Å². The molecule has 4 aromatic rings. The summed E-state index contributed by atoms with van der Waals surface area (Å²) >= 11 is 0. The summed E-state index contributed by atoms with van der Waals surface area (Å²) in [7, 11) is 1.49. The van der Waals surface area contributed by atoms with Gasteiger partial charge in [0.1, 0.15) is 24.4 Å². The summed E-state index contributed by atoms with van der Waals surface area (Å²) in [6.45, 7) is 2.85. The maximum absolute atomic E-state index is 14.8. The summed E-state index contributed by atoms with van der Waals surface area (Å²) < 4.78 is 52.3. The molecule has 1 aliphatic rings. The fraction of sp³-hybridized carbons (Fsp3) is 0.367. The minimum atomic E-state index is -4.52. The van der Waals surface area contributed by atoms with E-state index in [0.717, 1.165) is 5.56 Å². The number of pyridine rings is 1. The van der Waals surface area contributed by atoms with Crippen molar-refractivity contribution in [2.75, 3.05) is 37.3 Å². The van der Waals surface area contributed by atoms with Gasteiger partial charge in [0, 0.05) is 74.2 Å². The number of likely N-dealkylation sites (tertiary alicyclic amines) is 1. The molecular weight excluding hydrogens is 594 g/mol. The Morgan fingerprint density at radius 1 is 1.04 bits per heavy atom. The van der Waals surface area contributed by atoms with Crippen LogP contribution in [0.4, 0.5) is 29.3 Å². The van der Waals surface area contributed by atoms with Gasteiger partial charge in [0.2, 0.25) is 11.9 Å². The summed E-state index contributed by atoms with van der Waals surface area (Å²) in [4.78, 5) is 47.1. The second kappa shape index (κ2) is 13.4. The predicted octanol–water partition coefficient (Wildman–Crippen LogP) is 4.55. The summed E-state index contributed by atoms with van der Waals surface area (Å²) in [6, 6.07) is 6.17. The third-order valence-electron chi connectivity index (χ3n) is 7.61. The maximum Gasteiger partial charge on any atom is 0.397 e. The Hall–Kier alpha value is -4.95. The van der Waals surface area contributed by atoms with Crippen LogP contribution in [0.1, 0.15) is 48.0 Å². The predicted molar refractivity (Wildman–Crippen MR) is 159 cm³/mol. The van der Waals surface area contributed by atoms with Crippen LogP contribution in [0.2, 0.25) is 0 Å². The first-order valence-corrected chi connectivity index (χ1v) is 14.3. The minimum Gasteiger partial charge on any atom is -0.369 e. The third-order valence-corrected chi connectivity index (χ3v) is 7.61. The van der Waals surface area contributed by atoms with Crippen molar-refractivity contribution < 1.29 is 27.2 Å². The summed E-state index contributed by atoms with van der Waals surface area (Å²) in [5.41, 5.74) is 2.62. The number of nitrogens with zero attached hydrogens (tertiary/aromatic N) is 6. The van der Waals surface area contributed by atoms with E-state index in [9.17, 15) is 27.2 Å². The molecule has 0 radical (unpaired) electrons. The van der Waals surface area contributed by atoms with Crippen molar-refractivity contribution >= 4 is 34.5 Å². The number of anilines is 2. The van der Waals surface area contributed by atoms with Gasteiger partial charge in [-0.15, -0.1) is 0 Å². The van der Waals surface area contributed by atoms with E-state index in [4.69, 9.17) is 0 Å². The first-order valence-electron chi connectivity index (χ1n) is 14.3. The monoisotopic (exact) mass is 625 g/mol. The zero-order valence-electron chi connectivity index (χ0n) is 24.5. The number of hydrogen-bond donors (Lipinski definition) is 3. The Morgan fingerprint density at radius 3 is 2.47 bits per heavy atom. The fourth-order valence-electron chi connectivity index (χ4n) is 5.22. The highest BCUT2D eigenvalue weighted by atomic mass is 19.4. The molecule has 3 N–H and O–H groups in total. The van der Waals surface area contributed by atoms with E-state index in [0.29, 0.717) is 47.9 Å². The number of amides is 2. The molecule has 0 bridgehead atoms. The van der Waals surface area contributed by atoms with Gasteiger partial charge in [0.05, 0.1) is 16.8 Å². The second-order valence-corrected chi connectivity index (χ2v) is 10.8. The number of aromatic nitrogens is 5. The zero-order chi connectivity index (χ0) is 32.1. The average Bonchev–Trinajstić information content (AvgIpc) is 3.03. The molecule has 1 aliphatic heterocycles. The molecule has 45 heavy (non-hydrogen) atoms. The highest BCUT2D eigenvalue weighted by Gasteiger charge is 2.34. The number of halogens is 4. The fourth-order valence-corrected chi connectivity index (χ4v) is 5.22. The molecule has 15 heteroatoms. The van der Waals surface area contributed by atoms with Crippen molar-refractivity contribution in [3.8, 4) is 11.3 Å². The molecular formula is C30H31F4N9O2. The SMILES string of the molecule is CNC(=O)c1ccnc2c(C(C)CNc3cc(-c4cnc(NC5CCN(C(=O)CC(F)(F)F)CC5)nc4)ncn3)ccc(F)c12. The van der Waals surface area contributed by atoms with Crippen LogP contribution >= 0.6 is 0 Å². The van der Waals surface area contributed by atoms with E-state index in [1.54, 1.807) is 24.5 Å². The van der Waals surface area contributed by atoms with Crippen molar-refractivity contribution in [1.82, 2.24) is 35.1 Å². The molecule has 2 amide bonds. The van der Waals surface area contributed by atoms with E-state index in [1.807, 2.05) is 6.92 Å². The lowest BCUT2D eigenvalue weighted by Crippen LogP contribution is -2.43. The van der Waals surface area contributed by atoms with E-state index < -0.39 is 30.2 Å². The number of alkyl halides is 3. The van der Waals surface area contributed by atoms with Gasteiger partial charge in [0.25, 0.3) is 5.91 Å². The molecule has 11 nitrogen and oxygen atoms in total. The van der Waals surface area contributed by atoms with Crippen LogP contribution in [0.3, 0.4) is 0 Å². The van der Waals surface area contributed by atoms with E-state index >= 15 is 0 Å². The number of benzene rings is 1. The van der Waals surface area contributed by atoms with Crippen molar-refractivity contribution in [2.45, 2.75) is 44.3 Å². The van der Waals surface area contributed by atoms with Crippen LogP contribution < -0.4 is 16.0 Å². The van der Waals surface area contributed by atoms with Gasteiger partial charge >= 0.3 is 6.18 Å². The van der Waals surface area contributed by atoms with E-state index in [1.165, 1.54) is 36.6 Å². The summed E-state index contributed by atoms with van der Waals surface area (Å²) in [5.74, 6) is -1.04. The second-order valence-electron chi connectivity index (χ2n) is 10.8. The Morgan fingerprint density at radius 2 is 1.78 bits per heavy atom. The Balaban J connectivity index is 1.19. The van der Waals surface area contributed by atoms with E-state index in [-0.39, 0.29) is 36.0 Å². The summed E-state index contributed by atoms with van der Waals surface area (Å²) in [6.07, 6.45) is 1.10. The molecule has 1 unspecified atom stereocenters. The molecule has 0 spiro atoms. The lowest BCUT2D eigenvalue weighted by molar-refractivity contribution is -0.162. The molecule has 1 atom stereocenters. The molecule has 1 fully saturated rings. The topological polar surface area (TPSA) is 138 Å². The number of carbonyl (C=O) groups excluding carboxylic acids is 2. The Bertz CT molecular complexity index is 1680. The molecule has 0 aliphatic carbocycles. The third kappa shape index (κ3) is 7.59. The van der Waals surface area contributed by atoms with Crippen molar-refractivity contribution in [3.05, 3.63) is 66.1 Å². The normalized spacial score (nSPS) is 14.7. The standard InChI is InChI=1S/C30H31F4N9O2/c1-17(20-3-4-22(31)26-21(28(45)35-2)5-8-36-27(20)26)13-37-24-11-23(40-16-41-24)18-14-38-29(39-15-18)42-19-6-9-43(10-7-19)25(44)12-30(32,33)34/h3-5,8,11,14-17,19H,6-7,9-10,12-13H2,1-2H3,(H,35,45)(H,37,40,41)(H,38,39,42). The smallest absolute Gasteiger partial charge is 0.369 e. The lowest BCUT2D eigenvalue weighted by atomic mass is 9.95. The molecule has 1 saturated heterocycles. The number of piperidine rings is 1. The molecule has 1 aromatic carbocycles. The minimum absolute atomic E-state index is 0.0774. The van der Waals surface area contributed by atoms with E-state index in [2.05, 4.69) is 40.9 Å². The van der Waals surface area contributed by atoms with Gasteiger partial charge < -0.3 is 20.9 Å². The van der Waals surface area contributed by atoms with Crippen LogP contribution in [0.25, 0.3) is 22.2 Å². The van der Waals surface area contributed by atoms with Crippen molar-refractivity contribution in [2.24, 2.45) is 0 Å². The van der Waals surface area contributed by atoms with Crippen LogP contribution in [0.15, 0.2) is 49.2 Å². The number of fused-ring (bicyclic) bond motifs is 1. The average molecular weight is 626 g/mol. The van der Waals surface area contributed by atoms with Crippen molar-refractivity contribution in [1.29, 1.82) is 0 Å². The lowest BCUT2D eigenvalue weighted by Gasteiger charge is -2.32. The van der Waals surface area contributed by atoms with Crippen LogP contribution in [0.5, 0.6) is 0 Å². The first kappa shape index (κ1) is 31.5. The largest absolute Gasteiger partial charge is 0.397 e. The Labute approximate surface area is 255 Å². The number of carbonyl (C=O) groups is 2. The molecule has 3 aromatic heterocycles. The van der Waals surface area contributed by atoms with Gasteiger partial charge in [0.15, 0.2) is 0 Å². The number of nitrogens with one attached hydrogen (secondary N) is 3.